The molecule has 2 saturated heterocycles. The maximum Gasteiger partial charge on any atom is 0.222 e. The predicted octanol–water partition coefficient (Wildman–Crippen LogP) is 0.666. The summed E-state index contributed by atoms with van der Waals surface area (Å²) in [4.78, 5) is 18.3. The number of aliphatic hydroxyl groups is 1. The fourth-order valence-electron chi connectivity index (χ4n) is 3.46. The molecule has 2 fully saturated rings. The van der Waals surface area contributed by atoms with Crippen LogP contribution in [-0.4, -0.2) is 90.8 Å². The van der Waals surface area contributed by atoms with Gasteiger partial charge in [0.05, 0.1) is 0 Å². The molecule has 1 aromatic carbocycles. The van der Waals surface area contributed by atoms with Crippen LogP contribution in [0, 0.1) is 0 Å². The Morgan fingerprint density at radius 3 is 2.40 bits per heavy atom. The van der Waals surface area contributed by atoms with Gasteiger partial charge >= 0.3 is 0 Å². The van der Waals surface area contributed by atoms with E-state index in [-0.39, 0.29) is 0 Å². The first-order chi connectivity index (χ1) is 12.2. The summed E-state index contributed by atoms with van der Waals surface area (Å²) in [6.07, 6.45) is 1.25. The van der Waals surface area contributed by atoms with Crippen molar-refractivity contribution in [1.82, 2.24) is 14.7 Å². The largest absolute Gasteiger partial charge is 0.491 e. The van der Waals surface area contributed by atoms with E-state index in [1.807, 2.05) is 35.2 Å². The third kappa shape index (κ3) is 5.70. The molecular weight excluding hydrogens is 318 g/mol. The van der Waals surface area contributed by atoms with Gasteiger partial charge in [-0.05, 0) is 18.6 Å². The zero-order valence-corrected chi connectivity index (χ0v) is 14.8. The van der Waals surface area contributed by atoms with E-state index >= 15 is 0 Å². The molecule has 2 heterocycles. The molecule has 1 N–H and O–H groups in total. The van der Waals surface area contributed by atoms with Gasteiger partial charge in [-0.3, -0.25) is 14.6 Å². The molecule has 0 unspecified atom stereocenters. The first kappa shape index (κ1) is 18.2. The van der Waals surface area contributed by atoms with Crippen LogP contribution in [0.2, 0.25) is 0 Å². The highest BCUT2D eigenvalue weighted by Gasteiger charge is 2.23. The van der Waals surface area contributed by atoms with E-state index in [0.717, 1.165) is 64.4 Å². The lowest BCUT2D eigenvalue weighted by atomic mass is 10.2. The minimum Gasteiger partial charge on any atom is -0.491 e. The Labute approximate surface area is 150 Å². The summed E-state index contributed by atoms with van der Waals surface area (Å²) in [6.45, 7) is 7.60. The molecule has 3 rings (SSSR count). The molecule has 0 aromatic heterocycles. The maximum atomic E-state index is 11.6. The highest BCUT2D eigenvalue weighted by atomic mass is 16.5. The fraction of sp³-hybridized carbons (Fsp3) is 0.632. The number of hydrogen-bond donors (Lipinski definition) is 1. The average Bonchev–Trinajstić information content (AvgIpc) is 3.05. The van der Waals surface area contributed by atoms with Crippen LogP contribution in [0.4, 0.5) is 0 Å². The second-order valence-electron chi connectivity index (χ2n) is 6.90. The van der Waals surface area contributed by atoms with E-state index in [4.69, 9.17) is 4.74 Å². The summed E-state index contributed by atoms with van der Waals surface area (Å²) in [6, 6.07) is 9.60. The van der Waals surface area contributed by atoms with Gasteiger partial charge in [-0.1, -0.05) is 18.2 Å². The van der Waals surface area contributed by atoms with Gasteiger partial charge in [0.1, 0.15) is 18.5 Å². The van der Waals surface area contributed by atoms with Crippen molar-refractivity contribution < 1.29 is 14.6 Å². The molecule has 2 aliphatic heterocycles. The lowest BCUT2D eigenvalue weighted by molar-refractivity contribution is -0.127. The van der Waals surface area contributed by atoms with Crippen molar-refractivity contribution in [2.75, 3.05) is 59.0 Å². The molecule has 0 aliphatic carbocycles. The lowest BCUT2D eigenvalue weighted by Crippen LogP contribution is -2.50. The molecule has 2 aliphatic rings. The second-order valence-corrected chi connectivity index (χ2v) is 6.90. The normalized spacial score (nSPS) is 20.8. The first-order valence-corrected chi connectivity index (χ1v) is 9.29. The van der Waals surface area contributed by atoms with Crippen molar-refractivity contribution in [3.05, 3.63) is 30.3 Å². The summed E-state index contributed by atoms with van der Waals surface area (Å²) in [7, 11) is 0. The predicted molar refractivity (Wildman–Crippen MR) is 96.6 cm³/mol. The molecule has 1 aromatic rings. The van der Waals surface area contributed by atoms with Crippen LogP contribution in [0.3, 0.4) is 0 Å². The van der Waals surface area contributed by atoms with E-state index in [9.17, 15) is 9.90 Å². The van der Waals surface area contributed by atoms with E-state index < -0.39 is 6.10 Å². The summed E-state index contributed by atoms with van der Waals surface area (Å²) in [5, 5.41) is 10.2. The van der Waals surface area contributed by atoms with Crippen molar-refractivity contribution in [2.45, 2.75) is 18.9 Å². The van der Waals surface area contributed by atoms with Gasteiger partial charge in [0, 0.05) is 58.8 Å². The number of likely N-dealkylation sites (tertiary alicyclic amines) is 1. The average molecular weight is 347 g/mol. The van der Waals surface area contributed by atoms with Gasteiger partial charge in [0.25, 0.3) is 0 Å². The fourth-order valence-corrected chi connectivity index (χ4v) is 3.46. The van der Waals surface area contributed by atoms with Crippen LogP contribution < -0.4 is 4.74 Å². The van der Waals surface area contributed by atoms with Gasteiger partial charge in [0.2, 0.25) is 5.91 Å². The maximum absolute atomic E-state index is 11.6. The van der Waals surface area contributed by atoms with Crippen molar-refractivity contribution in [2.24, 2.45) is 0 Å². The summed E-state index contributed by atoms with van der Waals surface area (Å²) >= 11 is 0. The van der Waals surface area contributed by atoms with Gasteiger partial charge in [-0.15, -0.1) is 0 Å². The molecular formula is C19H29N3O3. The van der Waals surface area contributed by atoms with E-state index in [2.05, 4.69) is 9.80 Å². The monoisotopic (exact) mass is 347 g/mol. The highest BCUT2D eigenvalue weighted by Crippen LogP contribution is 2.11. The van der Waals surface area contributed by atoms with Crippen LogP contribution >= 0.6 is 0 Å². The van der Waals surface area contributed by atoms with Gasteiger partial charge in [0.15, 0.2) is 0 Å². The number of rotatable bonds is 8. The van der Waals surface area contributed by atoms with Crippen molar-refractivity contribution in [3.8, 4) is 5.75 Å². The lowest BCUT2D eigenvalue weighted by Gasteiger charge is -2.36. The number of nitrogens with zero attached hydrogens (tertiary/aromatic N) is 3. The third-order valence-corrected chi connectivity index (χ3v) is 4.98. The van der Waals surface area contributed by atoms with Gasteiger partial charge in [-0.25, -0.2) is 0 Å². The minimum atomic E-state index is -0.478. The Morgan fingerprint density at radius 2 is 1.72 bits per heavy atom. The van der Waals surface area contributed by atoms with Crippen LogP contribution in [0.5, 0.6) is 5.75 Å². The Morgan fingerprint density at radius 1 is 1.00 bits per heavy atom. The topological polar surface area (TPSA) is 56.3 Å². The van der Waals surface area contributed by atoms with Crippen molar-refractivity contribution >= 4 is 5.91 Å². The zero-order chi connectivity index (χ0) is 17.5. The van der Waals surface area contributed by atoms with Crippen LogP contribution in [0.25, 0.3) is 0 Å². The SMILES string of the molecule is O=C1CCCN1CCN1CCN(C[C@@H](O)COc2ccccc2)CC1. The number of carbonyl (C=O) groups is 1. The Kier molecular flexibility index (Phi) is 6.67. The summed E-state index contributed by atoms with van der Waals surface area (Å²) < 4.78 is 5.61. The highest BCUT2D eigenvalue weighted by molar-refractivity contribution is 5.78. The summed E-state index contributed by atoms with van der Waals surface area (Å²) in [5.41, 5.74) is 0. The van der Waals surface area contributed by atoms with Crippen LogP contribution in [0.15, 0.2) is 30.3 Å². The minimum absolute atomic E-state index is 0.306. The van der Waals surface area contributed by atoms with E-state index in [0.29, 0.717) is 19.1 Å². The molecule has 1 atom stereocenters. The summed E-state index contributed by atoms with van der Waals surface area (Å²) in [5.74, 6) is 1.10. The van der Waals surface area contributed by atoms with Crippen LogP contribution in [-0.2, 0) is 4.79 Å². The Balaban J connectivity index is 1.30. The third-order valence-electron chi connectivity index (χ3n) is 4.98. The number of β-amino-alcohol motifs (C(OH)–C–C–N with tert-alkyl or cyclic N) is 1. The van der Waals surface area contributed by atoms with Gasteiger partial charge in [-0.2, -0.15) is 0 Å². The molecule has 25 heavy (non-hydrogen) atoms. The molecule has 1 amide bonds. The molecule has 0 spiro atoms. The quantitative estimate of drug-likeness (QED) is 0.749. The Hall–Kier alpha value is -1.63. The molecule has 0 saturated carbocycles. The molecule has 0 radical (unpaired) electrons. The second kappa shape index (κ2) is 9.17. The molecule has 6 heteroatoms. The van der Waals surface area contributed by atoms with Crippen molar-refractivity contribution in [3.63, 3.8) is 0 Å². The number of ether oxygens (including phenoxy) is 1. The van der Waals surface area contributed by atoms with Crippen molar-refractivity contribution in [1.29, 1.82) is 0 Å². The van der Waals surface area contributed by atoms with E-state index in [1.165, 1.54) is 0 Å². The number of benzene rings is 1. The van der Waals surface area contributed by atoms with Crippen LogP contribution in [0.1, 0.15) is 12.8 Å². The molecule has 0 bridgehead atoms. The molecule has 138 valence electrons. The first-order valence-electron chi connectivity index (χ1n) is 9.29. The number of piperazine rings is 1. The Bertz CT molecular complexity index is 532. The van der Waals surface area contributed by atoms with Gasteiger partial charge < -0.3 is 14.7 Å². The molecule has 6 nitrogen and oxygen atoms in total. The number of para-hydroxylation sites is 1. The standard InChI is InChI=1S/C19H29N3O3/c23-17(16-25-18-5-2-1-3-6-18)15-21-11-9-20(10-12-21)13-14-22-8-4-7-19(22)24/h1-3,5-6,17,23H,4,7-16H2/t17-/m1/s1. The van der Waals surface area contributed by atoms with E-state index in [1.54, 1.807) is 0 Å². The zero-order valence-electron chi connectivity index (χ0n) is 14.8. The number of aliphatic hydroxyl groups excluding tert-OH is 1. The smallest absolute Gasteiger partial charge is 0.222 e. The number of hydrogen-bond acceptors (Lipinski definition) is 5. The number of amides is 1. The number of carbonyl (C=O) groups excluding carboxylic acids is 1.